The van der Waals surface area contributed by atoms with E-state index in [-0.39, 0.29) is 18.0 Å². The highest BCUT2D eigenvalue weighted by atomic mass is 79.9. The molecule has 1 heterocycles. The monoisotopic (exact) mass is 293 g/mol. The number of nitrogens with two attached hydrogens (primary N) is 1. The highest BCUT2D eigenvalue weighted by Crippen LogP contribution is 2.17. The minimum Gasteiger partial charge on any atom is -0.329 e. The molecule has 0 aliphatic rings. The van der Waals surface area contributed by atoms with E-state index < -0.39 is 10.0 Å². The molecule has 2 N–H and O–H groups in total. The van der Waals surface area contributed by atoms with Crippen molar-refractivity contribution >= 4 is 26.0 Å². The molecule has 84 valence electrons. The van der Waals surface area contributed by atoms with Gasteiger partial charge >= 0.3 is 0 Å². The van der Waals surface area contributed by atoms with Crippen molar-refractivity contribution in [1.29, 1.82) is 0 Å². The number of pyridine rings is 1. The van der Waals surface area contributed by atoms with Crippen molar-refractivity contribution in [2.45, 2.75) is 4.90 Å². The smallest absolute Gasteiger partial charge is 0.244 e. The van der Waals surface area contributed by atoms with E-state index in [0.29, 0.717) is 4.47 Å². The Morgan fingerprint density at radius 1 is 1.53 bits per heavy atom. The first kappa shape index (κ1) is 12.6. The van der Waals surface area contributed by atoms with Crippen LogP contribution in [0.15, 0.2) is 27.8 Å². The second kappa shape index (κ2) is 5.02. The van der Waals surface area contributed by atoms with E-state index in [0.717, 1.165) is 0 Å². The Labute approximate surface area is 97.5 Å². The van der Waals surface area contributed by atoms with Gasteiger partial charge in [0, 0.05) is 37.0 Å². The molecule has 1 aromatic rings. The fourth-order valence-corrected chi connectivity index (χ4v) is 2.71. The predicted molar refractivity (Wildman–Crippen MR) is 60.8 cm³/mol. The van der Waals surface area contributed by atoms with Crippen molar-refractivity contribution in [3.05, 3.63) is 22.9 Å². The van der Waals surface area contributed by atoms with Crippen LogP contribution in [0.1, 0.15) is 0 Å². The highest BCUT2D eigenvalue weighted by Gasteiger charge is 2.20. The molecule has 0 aromatic carbocycles. The van der Waals surface area contributed by atoms with Crippen LogP contribution in [0.2, 0.25) is 0 Å². The molecule has 5 nitrogen and oxygen atoms in total. The summed E-state index contributed by atoms with van der Waals surface area (Å²) in [6.45, 7) is 0.575. The lowest BCUT2D eigenvalue weighted by molar-refractivity contribution is 0.476. The minimum atomic E-state index is -3.46. The normalized spacial score (nSPS) is 12.0. The summed E-state index contributed by atoms with van der Waals surface area (Å²) in [7, 11) is -1.97. The molecule has 1 rings (SSSR count). The van der Waals surface area contributed by atoms with Gasteiger partial charge < -0.3 is 5.73 Å². The van der Waals surface area contributed by atoms with E-state index in [2.05, 4.69) is 20.9 Å². The van der Waals surface area contributed by atoms with Crippen LogP contribution in [-0.4, -0.2) is 37.8 Å². The predicted octanol–water partition coefficient (Wildman–Crippen LogP) is 0.423. The van der Waals surface area contributed by atoms with Crippen molar-refractivity contribution in [2.75, 3.05) is 20.1 Å². The molecule has 0 radical (unpaired) electrons. The van der Waals surface area contributed by atoms with Crippen molar-refractivity contribution in [1.82, 2.24) is 9.29 Å². The van der Waals surface area contributed by atoms with Crippen molar-refractivity contribution < 1.29 is 8.42 Å². The SMILES string of the molecule is CN(CCN)S(=O)(=O)c1cncc(Br)c1. The highest BCUT2D eigenvalue weighted by molar-refractivity contribution is 9.10. The number of hydrogen-bond acceptors (Lipinski definition) is 4. The molecule has 0 unspecified atom stereocenters. The van der Waals surface area contributed by atoms with E-state index in [1.165, 1.54) is 29.8 Å². The van der Waals surface area contributed by atoms with Gasteiger partial charge in [-0.05, 0) is 22.0 Å². The zero-order valence-corrected chi connectivity index (χ0v) is 10.6. The van der Waals surface area contributed by atoms with Gasteiger partial charge in [-0.3, -0.25) is 4.98 Å². The summed E-state index contributed by atoms with van der Waals surface area (Å²) >= 11 is 3.17. The Morgan fingerprint density at radius 2 is 2.20 bits per heavy atom. The van der Waals surface area contributed by atoms with Crippen LogP contribution in [0.3, 0.4) is 0 Å². The third-order valence-corrected chi connectivity index (χ3v) is 4.09. The summed E-state index contributed by atoms with van der Waals surface area (Å²) in [6, 6.07) is 1.51. The fourth-order valence-electron chi connectivity index (χ4n) is 1.02. The van der Waals surface area contributed by atoms with Crippen LogP contribution in [0.25, 0.3) is 0 Å². The summed E-state index contributed by atoms with van der Waals surface area (Å²) < 4.78 is 25.6. The molecular weight excluding hydrogens is 282 g/mol. The Morgan fingerprint density at radius 3 is 2.73 bits per heavy atom. The number of sulfonamides is 1. The summed E-state index contributed by atoms with van der Waals surface area (Å²) in [5, 5.41) is 0. The van der Waals surface area contributed by atoms with Crippen LogP contribution in [-0.2, 0) is 10.0 Å². The number of rotatable bonds is 4. The van der Waals surface area contributed by atoms with Gasteiger partial charge in [0.05, 0.1) is 0 Å². The maximum Gasteiger partial charge on any atom is 0.244 e. The first-order chi connectivity index (χ1) is 6.98. The van der Waals surface area contributed by atoms with Gasteiger partial charge in [0.2, 0.25) is 10.0 Å². The van der Waals surface area contributed by atoms with Crippen LogP contribution >= 0.6 is 15.9 Å². The molecule has 15 heavy (non-hydrogen) atoms. The molecular formula is C8H12BrN3O2S. The summed E-state index contributed by atoms with van der Waals surface area (Å²) in [4.78, 5) is 3.97. The summed E-state index contributed by atoms with van der Waals surface area (Å²) in [5.74, 6) is 0. The van der Waals surface area contributed by atoms with Crippen LogP contribution in [0.5, 0.6) is 0 Å². The quantitative estimate of drug-likeness (QED) is 0.873. The molecule has 0 saturated carbocycles. The molecule has 7 heteroatoms. The Hall–Kier alpha value is -0.500. The standard InChI is InChI=1S/C8H12BrN3O2S/c1-12(3-2-10)15(13,14)8-4-7(9)5-11-6-8/h4-6H,2-3,10H2,1H3. The Bertz CT molecular complexity index is 435. The average Bonchev–Trinajstić information content (AvgIpc) is 2.18. The second-order valence-corrected chi connectivity index (χ2v) is 5.91. The van der Waals surface area contributed by atoms with E-state index in [4.69, 9.17) is 5.73 Å². The van der Waals surface area contributed by atoms with Crippen LogP contribution in [0, 0.1) is 0 Å². The molecule has 0 aliphatic carbocycles. The van der Waals surface area contributed by atoms with Gasteiger partial charge in [0.25, 0.3) is 0 Å². The molecule has 0 amide bonds. The molecule has 0 saturated heterocycles. The van der Waals surface area contributed by atoms with Gasteiger partial charge in [0.1, 0.15) is 4.90 Å². The maximum absolute atomic E-state index is 11.9. The lowest BCUT2D eigenvalue weighted by Gasteiger charge is -2.15. The topological polar surface area (TPSA) is 76.3 Å². The molecule has 0 spiro atoms. The molecule has 1 aromatic heterocycles. The van der Waals surface area contributed by atoms with Gasteiger partial charge in [-0.1, -0.05) is 0 Å². The van der Waals surface area contributed by atoms with Crippen molar-refractivity contribution in [2.24, 2.45) is 5.73 Å². The van der Waals surface area contributed by atoms with Crippen LogP contribution < -0.4 is 5.73 Å². The fraction of sp³-hybridized carbons (Fsp3) is 0.375. The minimum absolute atomic E-state index is 0.160. The van der Waals surface area contributed by atoms with E-state index >= 15 is 0 Å². The Balaban J connectivity index is 3.06. The van der Waals surface area contributed by atoms with Gasteiger partial charge in [-0.2, -0.15) is 4.31 Å². The maximum atomic E-state index is 11.9. The number of likely N-dealkylation sites (N-methyl/N-ethyl adjacent to an activating group) is 1. The molecule has 0 atom stereocenters. The van der Waals surface area contributed by atoms with E-state index in [1.54, 1.807) is 0 Å². The second-order valence-electron chi connectivity index (χ2n) is 2.95. The average molecular weight is 294 g/mol. The third-order valence-electron chi connectivity index (χ3n) is 1.83. The lowest BCUT2D eigenvalue weighted by Crippen LogP contribution is -2.31. The van der Waals surface area contributed by atoms with E-state index in [9.17, 15) is 8.42 Å². The zero-order valence-electron chi connectivity index (χ0n) is 8.22. The lowest BCUT2D eigenvalue weighted by atomic mass is 10.5. The van der Waals surface area contributed by atoms with E-state index in [1.807, 2.05) is 0 Å². The van der Waals surface area contributed by atoms with Crippen LogP contribution in [0.4, 0.5) is 0 Å². The van der Waals surface area contributed by atoms with Crippen molar-refractivity contribution in [3.63, 3.8) is 0 Å². The zero-order chi connectivity index (χ0) is 11.5. The molecule has 0 fully saturated rings. The van der Waals surface area contributed by atoms with Gasteiger partial charge in [0.15, 0.2) is 0 Å². The molecule has 0 aliphatic heterocycles. The number of halogens is 1. The number of hydrogen-bond donors (Lipinski definition) is 1. The Kier molecular flexibility index (Phi) is 4.21. The van der Waals surface area contributed by atoms with Gasteiger partial charge in [-0.25, -0.2) is 8.42 Å². The number of nitrogens with zero attached hydrogens (tertiary/aromatic N) is 2. The summed E-state index contributed by atoms with van der Waals surface area (Å²) in [6.07, 6.45) is 2.84. The van der Waals surface area contributed by atoms with Gasteiger partial charge in [-0.15, -0.1) is 0 Å². The largest absolute Gasteiger partial charge is 0.329 e. The van der Waals surface area contributed by atoms with Crippen molar-refractivity contribution in [3.8, 4) is 0 Å². The first-order valence-corrected chi connectivity index (χ1v) is 6.48. The first-order valence-electron chi connectivity index (χ1n) is 4.25. The number of aromatic nitrogens is 1. The molecule has 0 bridgehead atoms. The summed E-state index contributed by atoms with van der Waals surface area (Å²) in [5.41, 5.74) is 5.30. The third kappa shape index (κ3) is 2.97.